The fourth-order valence-corrected chi connectivity index (χ4v) is 4.74. The van der Waals surface area contributed by atoms with Crippen molar-refractivity contribution in [1.29, 1.82) is 0 Å². The van der Waals surface area contributed by atoms with Gasteiger partial charge in [0.1, 0.15) is 11.6 Å². The quantitative estimate of drug-likeness (QED) is 0.607. The van der Waals surface area contributed by atoms with E-state index in [4.69, 9.17) is 9.72 Å². The number of nitrogens with zero attached hydrogens (tertiary/aromatic N) is 2. The van der Waals surface area contributed by atoms with Crippen molar-refractivity contribution in [2.24, 2.45) is 0 Å². The molecule has 0 saturated carbocycles. The van der Waals surface area contributed by atoms with Crippen molar-refractivity contribution < 1.29 is 13.9 Å². The second kappa shape index (κ2) is 8.27. The number of hydrogen-bond acceptors (Lipinski definition) is 4. The van der Waals surface area contributed by atoms with E-state index in [1.165, 1.54) is 21.8 Å². The molecule has 1 aromatic heterocycles. The third-order valence-electron chi connectivity index (χ3n) is 5.20. The lowest BCUT2D eigenvalue weighted by Gasteiger charge is -2.33. The highest BCUT2D eigenvalue weighted by molar-refractivity contribution is 7.18. The van der Waals surface area contributed by atoms with E-state index in [0.29, 0.717) is 31.2 Å². The first-order valence-electron chi connectivity index (χ1n) is 9.70. The van der Waals surface area contributed by atoms with Crippen molar-refractivity contribution in [3.05, 3.63) is 59.4 Å². The third-order valence-corrected chi connectivity index (χ3v) is 6.40. The molecule has 2 heterocycles. The third kappa shape index (κ3) is 4.02. The van der Waals surface area contributed by atoms with Crippen molar-refractivity contribution in [3.8, 4) is 5.75 Å². The summed E-state index contributed by atoms with van der Waals surface area (Å²) < 4.78 is 20.1. The van der Waals surface area contributed by atoms with E-state index in [1.807, 2.05) is 30.0 Å². The van der Waals surface area contributed by atoms with Crippen LogP contribution in [0.3, 0.4) is 0 Å². The molecule has 146 valence electrons. The van der Waals surface area contributed by atoms with Crippen LogP contribution in [0, 0.1) is 5.82 Å². The van der Waals surface area contributed by atoms with Crippen molar-refractivity contribution in [2.45, 2.75) is 38.2 Å². The summed E-state index contributed by atoms with van der Waals surface area (Å²) in [6.07, 6.45) is 1.87. The molecule has 6 heteroatoms. The molecule has 1 amide bonds. The van der Waals surface area contributed by atoms with Crippen LogP contribution in [0.15, 0.2) is 48.5 Å². The van der Waals surface area contributed by atoms with Gasteiger partial charge in [-0.15, -0.1) is 11.3 Å². The second-order valence-electron chi connectivity index (χ2n) is 7.09. The molecule has 4 rings (SSSR count). The Morgan fingerprint density at radius 3 is 2.61 bits per heavy atom. The number of hydrogen-bond donors (Lipinski definition) is 0. The number of piperidine rings is 1. The molecule has 1 unspecified atom stereocenters. The summed E-state index contributed by atoms with van der Waals surface area (Å²) in [5, 5.41) is 1.17. The van der Waals surface area contributed by atoms with Crippen LogP contribution >= 0.6 is 11.3 Å². The molecule has 0 bridgehead atoms. The van der Waals surface area contributed by atoms with E-state index in [9.17, 15) is 9.18 Å². The zero-order valence-electron chi connectivity index (χ0n) is 15.8. The molecule has 1 atom stereocenters. The van der Waals surface area contributed by atoms with Crippen LogP contribution in [-0.4, -0.2) is 35.0 Å². The minimum Gasteiger partial charge on any atom is -0.481 e. The maximum atomic E-state index is 13.1. The van der Waals surface area contributed by atoms with Gasteiger partial charge in [0.05, 0.1) is 15.2 Å². The SMILES string of the molecule is CCC(Oc1ccc(F)cc1)C(=O)N1CCC(c2nc3ccccc3s2)CC1. The van der Waals surface area contributed by atoms with E-state index < -0.39 is 6.10 Å². The molecule has 0 spiro atoms. The Bertz CT molecular complexity index is 916. The van der Waals surface area contributed by atoms with Gasteiger partial charge in [-0.25, -0.2) is 9.37 Å². The van der Waals surface area contributed by atoms with Crippen LogP contribution in [-0.2, 0) is 4.79 Å². The average Bonchev–Trinajstić information content (AvgIpc) is 3.17. The minimum absolute atomic E-state index is 0.00887. The Morgan fingerprint density at radius 1 is 1.21 bits per heavy atom. The number of thiazole rings is 1. The summed E-state index contributed by atoms with van der Waals surface area (Å²) in [4.78, 5) is 19.6. The first kappa shape index (κ1) is 18.9. The fraction of sp³-hybridized carbons (Fsp3) is 0.364. The van der Waals surface area contributed by atoms with Crippen molar-refractivity contribution >= 4 is 27.5 Å². The second-order valence-corrected chi connectivity index (χ2v) is 8.15. The number of carbonyl (C=O) groups excluding carboxylic acids is 1. The molecular weight excluding hydrogens is 375 g/mol. The summed E-state index contributed by atoms with van der Waals surface area (Å²) in [5.41, 5.74) is 1.06. The van der Waals surface area contributed by atoms with Crippen LogP contribution in [0.2, 0.25) is 0 Å². The van der Waals surface area contributed by atoms with Crippen LogP contribution in [0.4, 0.5) is 4.39 Å². The molecule has 0 aliphatic carbocycles. The zero-order valence-corrected chi connectivity index (χ0v) is 16.6. The van der Waals surface area contributed by atoms with Gasteiger partial charge in [-0.2, -0.15) is 0 Å². The van der Waals surface area contributed by atoms with Gasteiger partial charge in [-0.1, -0.05) is 19.1 Å². The summed E-state index contributed by atoms with van der Waals surface area (Å²) >= 11 is 1.76. The monoisotopic (exact) mass is 398 g/mol. The molecule has 1 fully saturated rings. The van der Waals surface area contributed by atoms with Gasteiger partial charge >= 0.3 is 0 Å². The number of amides is 1. The molecule has 1 saturated heterocycles. The Kier molecular flexibility index (Phi) is 5.57. The molecule has 28 heavy (non-hydrogen) atoms. The molecular formula is C22H23FN2O2S. The molecule has 3 aromatic rings. The highest BCUT2D eigenvalue weighted by Gasteiger charge is 2.30. The van der Waals surface area contributed by atoms with Gasteiger partial charge in [0, 0.05) is 19.0 Å². The summed E-state index contributed by atoms with van der Waals surface area (Å²) in [7, 11) is 0. The van der Waals surface area contributed by atoms with Crippen LogP contribution < -0.4 is 4.74 Å². The Morgan fingerprint density at radius 2 is 1.93 bits per heavy atom. The Hall–Kier alpha value is -2.47. The normalized spacial score (nSPS) is 16.3. The molecule has 2 aromatic carbocycles. The van der Waals surface area contributed by atoms with Gasteiger partial charge in [0.25, 0.3) is 5.91 Å². The standard InChI is InChI=1S/C22H23FN2O2S/c1-2-19(27-17-9-7-16(23)8-10-17)22(26)25-13-11-15(12-14-25)21-24-18-5-3-4-6-20(18)28-21/h3-10,15,19H,2,11-14H2,1H3. The van der Waals surface area contributed by atoms with Gasteiger partial charge in [-0.05, 0) is 55.7 Å². The predicted molar refractivity (Wildman–Crippen MR) is 109 cm³/mol. The van der Waals surface area contributed by atoms with E-state index in [0.717, 1.165) is 18.4 Å². The molecule has 4 nitrogen and oxygen atoms in total. The number of ether oxygens (including phenoxy) is 1. The number of para-hydroxylation sites is 1. The number of likely N-dealkylation sites (tertiary alicyclic amines) is 1. The van der Waals surface area contributed by atoms with E-state index >= 15 is 0 Å². The Balaban J connectivity index is 1.37. The Labute approximate surface area is 168 Å². The highest BCUT2D eigenvalue weighted by atomic mass is 32.1. The zero-order chi connectivity index (χ0) is 19.5. The van der Waals surface area contributed by atoms with Crippen molar-refractivity contribution in [1.82, 2.24) is 9.88 Å². The highest BCUT2D eigenvalue weighted by Crippen LogP contribution is 2.34. The molecule has 1 aliphatic heterocycles. The first-order valence-corrected chi connectivity index (χ1v) is 10.5. The lowest BCUT2D eigenvalue weighted by molar-refractivity contribution is -0.140. The number of halogens is 1. The topological polar surface area (TPSA) is 42.4 Å². The van der Waals surface area contributed by atoms with Gasteiger partial charge in [-0.3, -0.25) is 4.79 Å². The number of rotatable bonds is 5. The lowest BCUT2D eigenvalue weighted by atomic mass is 9.97. The summed E-state index contributed by atoms with van der Waals surface area (Å²) in [6, 6.07) is 14.0. The fourth-order valence-electron chi connectivity index (χ4n) is 3.60. The summed E-state index contributed by atoms with van der Waals surface area (Å²) in [5.74, 6) is 0.615. The molecule has 0 N–H and O–H groups in total. The average molecular weight is 399 g/mol. The van der Waals surface area contributed by atoms with Crippen LogP contribution in [0.5, 0.6) is 5.75 Å². The van der Waals surface area contributed by atoms with Crippen LogP contribution in [0.1, 0.15) is 37.1 Å². The first-order chi connectivity index (χ1) is 13.6. The maximum absolute atomic E-state index is 13.1. The van der Waals surface area contributed by atoms with E-state index in [-0.39, 0.29) is 11.7 Å². The molecule has 1 aliphatic rings. The minimum atomic E-state index is -0.538. The number of carbonyl (C=O) groups is 1. The smallest absolute Gasteiger partial charge is 0.263 e. The predicted octanol–water partition coefficient (Wildman–Crippen LogP) is 5.00. The number of fused-ring (bicyclic) bond motifs is 1. The summed E-state index contributed by atoms with van der Waals surface area (Å²) in [6.45, 7) is 3.35. The number of aromatic nitrogens is 1. The maximum Gasteiger partial charge on any atom is 0.263 e. The van der Waals surface area contributed by atoms with Gasteiger partial charge in [0.15, 0.2) is 6.10 Å². The molecule has 0 radical (unpaired) electrons. The van der Waals surface area contributed by atoms with Gasteiger partial charge < -0.3 is 9.64 Å². The van der Waals surface area contributed by atoms with Crippen molar-refractivity contribution in [3.63, 3.8) is 0 Å². The lowest BCUT2D eigenvalue weighted by Crippen LogP contribution is -2.45. The van der Waals surface area contributed by atoms with Gasteiger partial charge in [0.2, 0.25) is 0 Å². The van der Waals surface area contributed by atoms with Crippen molar-refractivity contribution in [2.75, 3.05) is 13.1 Å². The van der Waals surface area contributed by atoms with Crippen LogP contribution in [0.25, 0.3) is 10.2 Å². The number of benzene rings is 2. The van der Waals surface area contributed by atoms with E-state index in [1.54, 1.807) is 23.5 Å². The largest absolute Gasteiger partial charge is 0.481 e. The van der Waals surface area contributed by atoms with E-state index in [2.05, 4.69) is 6.07 Å².